The summed E-state index contributed by atoms with van der Waals surface area (Å²) in [6.07, 6.45) is 3.57. The fourth-order valence-electron chi connectivity index (χ4n) is 2.07. The van der Waals surface area contributed by atoms with Crippen LogP contribution >= 0.6 is 23.2 Å². The molecule has 0 aliphatic carbocycles. The molecule has 4 nitrogen and oxygen atoms in total. The predicted molar refractivity (Wildman–Crippen MR) is 86.8 cm³/mol. The van der Waals surface area contributed by atoms with Crippen LogP contribution in [-0.2, 0) is 6.54 Å². The molecule has 6 heteroatoms. The summed E-state index contributed by atoms with van der Waals surface area (Å²) in [5, 5.41) is 1.29. The molecule has 0 atom stereocenters. The molecule has 112 valence electrons. The normalized spacial score (nSPS) is 10.7. The van der Waals surface area contributed by atoms with Gasteiger partial charge < -0.3 is 4.74 Å². The first-order valence-electron chi connectivity index (χ1n) is 6.68. The fraction of sp³-hybridized carbons (Fsp3) is 0.125. The average Bonchev–Trinajstić information content (AvgIpc) is 2.83. The van der Waals surface area contributed by atoms with Crippen molar-refractivity contribution in [3.63, 3.8) is 0 Å². The Morgan fingerprint density at radius 1 is 1.18 bits per heavy atom. The number of imidazole rings is 1. The predicted octanol–water partition coefficient (Wildman–Crippen LogP) is 4.73. The molecular formula is C16H13Cl2N3O. The molecule has 2 heterocycles. The van der Waals surface area contributed by atoms with Crippen LogP contribution in [0.4, 0.5) is 0 Å². The second-order valence-corrected chi connectivity index (χ2v) is 5.64. The zero-order valence-electron chi connectivity index (χ0n) is 11.8. The van der Waals surface area contributed by atoms with Crippen molar-refractivity contribution in [3.05, 3.63) is 70.1 Å². The van der Waals surface area contributed by atoms with Gasteiger partial charge in [0.1, 0.15) is 0 Å². The molecule has 0 saturated heterocycles. The molecule has 3 aromatic rings. The molecule has 0 radical (unpaired) electrons. The Morgan fingerprint density at radius 3 is 2.82 bits per heavy atom. The summed E-state index contributed by atoms with van der Waals surface area (Å²) in [5.74, 6) is 0.492. The summed E-state index contributed by atoms with van der Waals surface area (Å²) in [5.41, 5.74) is 1.75. The van der Waals surface area contributed by atoms with Gasteiger partial charge in [-0.1, -0.05) is 29.3 Å². The summed E-state index contributed by atoms with van der Waals surface area (Å²) >= 11 is 12.3. The molecule has 0 aliphatic rings. The molecule has 0 N–H and O–H groups in total. The van der Waals surface area contributed by atoms with Gasteiger partial charge in [0.05, 0.1) is 12.2 Å². The molecule has 3 rings (SSSR count). The van der Waals surface area contributed by atoms with E-state index < -0.39 is 0 Å². The van der Waals surface area contributed by atoms with E-state index in [1.165, 1.54) is 0 Å². The van der Waals surface area contributed by atoms with E-state index in [-0.39, 0.29) is 0 Å². The van der Waals surface area contributed by atoms with Gasteiger partial charge in [-0.25, -0.2) is 9.97 Å². The smallest absolute Gasteiger partial charge is 0.303 e. The SMILES string of the molecule is Cc1cn(Cc2cc(Cl)ccc2Cl)c(Oc2ccccn2)n1. The molecule has 0 saturated carbocycles. The van der Waals surface area contributed by atoms with Crippen molar-refractivity contribution < 1.29 is 4.74 Å². The number of ether oxygens (including phenoxy) is 1. The number of benzene rings is 1. The standard InChI is InChI=1S/C16H13Cl2N3O/c1-11-9-21(10-12-8-13(17)5-6-14(12)18)16(20-11)22-15-4-2-3-7-19-15/h2-9H,10H2,1H3. The number of nitrogens with zero attached hydrogens (tertiary/aromatic N) is 3. The number of pyridine rings is 1. The first-order chi connectivity index (χ1) is 10.6. The third-order valence-electron chi connectivity index (χ3n) is 3.04. The number of rotatable bonds is 4. The van der Waals surface area contributed by atoms with Crippen molar-refractivity contribution in [1.29, 1.82) is 0 Å². The molecule has 0 unspecified atom stereocenters. The van der Waals surface area contributed by atoms with Crippen LogP contribution in [0.2, 0.25) is 10.0 Å². The summed E-state index contributed by atoms with van der Waals surface area (Å²) in [7, 11) is 0. The number of hydrogen-bond acceptors (Lipinski definition) is 3. The van der Waals surface area contributed by atoms with Crippen LogP contribution in [-0.4, -0.2) is 14.5 Å². The third kappa shape index (κ3) is 3.40. The van der Waals surface area contributed by atoms with Gasteiger partial charge >= 0.3 is 6.01 Å². The Labute approximate surface area is 138 Å². The van der Waals surface area contributed by atoms with Gasteiger partial charge in [-0.15, -0.1) is 0 Å². The topological polar surface area (TPSA) is 39.9 Å². The molecule has 0 spiro atoms. The van der Waals surface area contributed by atoms with Crippen LogP contribution in [0, 0.1) is 6.92 Å². The van der Waals surface area contributed by atoms with Gasteiger partial charge in [0.25, 0.3) is 0 Å². The van der Waals surface area contributed by atoms with Gasteiger partial charge in [0.15, 0.2) is 0 Å². The van der Waals surface area contributed by atoms with Crippen molar-refractivity contribution in [2.45, 2.75) is 13.5 Å². The quantitative estimate of drug-likeness (QED) is 0.692. The highest BCUT2D eigenvalue weighted by atomic mass is 35.5. The third-order valence-corrected chi connectivity index (χ3v) is 3.65. The highest BCUT2D eigenvalue weighted by Crippen LogP contribution is 2.25. The van der Waals surface area contributed by atoms with Crippen molar-refractivity contribution in [2.24, 2.45) is 0 Å². The maximum atomic E-state index is 6.22. The van der Waals surface area contributed by atoms with E-state index in [1.807, 2.05) is 35.9 Å². The lowest BCUT2D eigenvalue weighted by Gasteiger charge is -2.09. The van der Waals surface area contributed by atoms with Crippen molar-refractivity contribution in [3.8, 4) is 11.9 Å². The van der Waals surface area contributed by atoms with E-state index in [4.69, 9.17) is 27.9 Å². The van der Waals surface area contributed by atoms with Gasteiger partial charge in [0, 0.05) is 28.5 Å². The van der Waals surface area contributed by atoms with E-state index in [2.05, 4.69) is 9.97 Å². The van der Waals surface area contributed by atoms with Crippen LogP contribution in [0.3, 0.4) is 0 Å². The van der Waals surface area contributed by atoms with Crippen LogP contribution < -0.4 is 4.74 Å². The van der Waals surface area contributed by atoms with Crippen LogP contribution in [0.1, 0.15) is 11.3 Å². The highest BCUT2D eigenvalue weighted by Gasteiger charge is 2.11. The van der Waals surface area contributed by atoms with Gasteiger partial charge in [-0.2, -0.15) is 0 Å². The van der Waals surface area contributed by atoms with E-state index in [0.717, 1.165) is 11.3 Å². The first kappa shape index (κ1) is 14.9. The number of hydrogen-bond donors (Lipinski definition) is 0. The van der Waals surface area contributed by atoms with Gasteiger partial charge in [-0.05, 0) is 36.8 Å². The minimum absolute atomic E-state index is 0.465. The molecule has 0 amide bonds. The highest BCUT2D eigenvalue weighted by molar-refractivity contribution is 6.33. The summed E-state index contributed by atoms with van der Waals surface area (Å²) < 4.78 is 7.61. The lowest BCUT2D eigenvalue weighted by molar-refractivity contribution is 0.403. The molecule has 0 bridgehead atoms. The Morgan fingerprint density at radius 2 is 2.05 bits per heavy atom. The number of halogens is 2. The number of aromatic nitrogens is 3. The van der Waals surface area contributed by atoms with Crippen molar-refractivity contribution in [1.82, 2.24) is 14.5 Å². The van der Waals surface area contributed by atoms with Crippen molar-refractivity contribution in [2.75, 3.05) is 0 Å². The molecule has 0 fully saturated rings. The van der Waals surface area contributed by atoms with E-state index in [1.54, 1.807) is 24.4 Å². The molecule has 0 aliphatic heterocycles. The lowest BCUT2D eigenvalue weighted by atomic mass is 10.2. The summed E-state index contributed by atoms with van der Waals surface area (Å²) in [6, 6.07) is 11.3. The summed E-state index contributed by atoms with van der Waals surface area (Å²) in [4.78, 5) is 8.52. The first-order valence-corrected chi connectivity index (χ1v) is 7.44. The molecule has 22 heavy (non-hydrogen) atoms. The zero-order chi connectivity index (χ0) is 15.5. The van der Waals surface area contributed by atoms with E-state index >= 15 is 0 Å². The van der Waals surface area contributed by atoms with E-state index in [9.17, 15) is 0 Å². The molecule has 1 aromatic carbocycles. The minimum atomic E-state index is 0.465. The second-order valence-electron chi connectivity index (χ2n) is 4.80. The second kappa shape index (κ2) is 6.38. The number of aryl methyl sites for hydroxylation is 1. The zero-order valence-corrected chi connectivity index (χ0v) is 13.3. The van der Waals surface area contributed by atoms with Crippen LogP contribution in [0.5, 0.6) is 11.9 Å². The molecule has 2 aromatic heterocycles. The monoisotopic (exact) mass is 333 g/mol. The van der Waals surface area contributed by atoms with Crippen LogP contribution in [0.25, 0.3) is 0 Å². The summed E-state index contributed by atoms with van der Waals surface area (Å²) in [6.45, 7) is 2.42. The minimum Gasteiger partial charge on any atom is -0.406 e. The largest absolute Gasteiger partial charge is 0.406 e. The van der Waals surface area contributed by atoms with Gasteiger partial charge in [-0.3, -0.25) is 4.57 Å². The maximum Gasteiger partial charge on any atom is 0.303 e. The Hall–Kier alpha value is -2.04. The Bertz CT molecular complexity index is 787. The fourth-order valence-corrected chi connectivity index (χ4v) is 2.44. The van der Waals surface area contributed by atoms with Gasteiger partial charge in [0.2, 0.25) is 5.88 Å². The van der Waals surface area contributed by atoms with E-state index in [0.29, 0.717) is 28.5 Å². The average molecular weight is 334 g/mol. The van der Waals surface area contributed by atoms with Crippen LogP contribution in [0.15, 0.2) is 48.8 Å². The maximum absolute atomic E-state index is 6.22. The Kier molecular flexibility index (Phi) is 4.32. The van der Waals surface area contributed by atoms with Crippen molar-refractivity contribution >= 4 is 23.2 Å². The lowest BCUT2D eigenvalue weighted by Crippen LogP contribution is -2.02. The Balaban J connectivity index is 1.89. The molecular weight excluding hydrogens is 321 g/mol.